The van der Waals surface area contributed by atoms with Crippen molar-refractivity contribution in [3.63, 3.8) is 0 Å². The average molecular weight is 291 g/mol. The first-order valence-corrected chi connectivity index (χ1v) is 7.56. The SMILES string of the molecule is CC(C)NC(=O)CCc1ccc(N2CCOCC2)c(N)c1. The average Bonchev–Trinajstić information content (AvgIpc) is 2.45. The number of aryl methyl sites for hydroxylation is 1. The summed E-state index contributed by atoms with van der Waals surface area (Å²) in [6, 6.07) is 6.28. The lowest BCUT2D eigenvalue weighted by Gasteiger charge is -2.30. The van der Waals surface area contributed by atoms with Gasteiger partial charge in [-0.15, -0.1) is 0 Å². The first-order chi connectivity index (χ1) is 10.1. The number of carbonyl (C=O) groups excluding carboxylic acids is 1. The van der Waals surface area contributed by atoms with Crippen molar-refractivity contribution in [3.05, 3.63) is 23.8 Å². The van der Waals surface area contributed by atoms with Crippen LogP contribution in [0.5, 0.6) is 0 Å². The van der Waals surface area contributed by atoms with Gasteiger partial charge in [0.2, 0.25) is 5.91 Å². The smallest absolute Gasteiger partial charge is 0.220 e. The van der Waals surface area contributed by atoms with E-state index in [0.29, 0.717) is 12.8 Å². The van der Waals surface area contributed by atoms with E-state index in [1.807, 2.05) is 19.9 Å². The van der Waals surface area contributed by atoms with Crippen molar-refractivity contribution in [1.82, 2.24) is 5.32 Å². The largest absolute Gasteiger partial charge is 0.397 e. The lowest BCUT2D eigenvalue weighted by atomic mass is 10.1. The zero-order valence-corrected chi connectivity index (χ0v) is 12.9. The predicted molar refractivity (Wildman–Crippen MR) is 85.5 cm³/mol. The Hall–Kier alpha value is -1.75. The Morgan fingerprint density at radius 2 is 2.10 bits per heavy atom. The highest BCUT2D eigenvalue weighted by Gasteiger charge is 2.14. The van der Waals surface area contributed by atoms with Gasteiger partial charge in [0.05, 0.1) is 24.6 Å². The van der Waals surface area contributed by atoms with Crippen molar-refractivity contribution < 1.29 is 9.53 Å². The maximum atomic E-state index is 11.7. The van der Waals surface area contributed by atoms with Crippen molar-refractivity contribution >= 4 is 17.3 Å². The van der Waals surface area contributed by atoms with E-state index >= 15 is 0 Å². The van der Waals surface area contributed by atoms with Gasteiger partial charge >= 0.3 is 0 Å². The third-order valence-electron chi connectivity index (χ3n) is 3.53. The highest BCUT2D eigenvalue weighted by atomic mass is 16.5. The summed E-state index contributed by atoms with van der Waals surface area (Å²) in [7, 11) is 0. The van der Waals surface area contributed by atoms with Crippen LogP contribution in [0.3, 0.4) is 0 Å². The molecule has 1 aliphatic heterocycles. The monoisotopic (exact) mass is 291 g/mol. The predicted octanol–water partition coefficient (Wildman–Crippen LogP) is 1.56. The van der Waals surface area contributed by atoms with Gasteiger partial charge in [-0.3, -0.25) is 4.79 Å². The Kier molecular flexibility index (Phi) is 5.44. The molecule has 0 atom stereocenters. The van der Waals surface area contributed by atoms with E-state index in [1.54, 1.807) is 0 Å². The number of benzene rings is 1. The number of nitrogens with two attached hydrogens (primary N) is 1. The molecular formula is C16H25N3O2. The molecule has 1 fully saturated rings. The number of morpholine rings is 1. The van der Waals surface area contributed by atoms with Gasteiger partial charge in [0.15, 0.2) is 0 Å². The molecule has 0 aliphatic carbocycles. The van der Waals surface area contributed by atoms with E-state index in [-0.39, 0.29) is 11.9 Å². The molecule has 3 N–H and O–H groups in total. The molecule has 0 saturated carbocycles. The first kappa shape index (κ1) is 15.6. The lowest BCUT2D eigenvalue weighted by molar-refractivity contribution is -0.121. The normalized spacial score (nSPS) is 15.3. The number of carbonyl (C=O) groups is 1. The van der Waals surface area contributed by atoms with Crippen LogP contribution in [-0.2, 0) is 16.0 Å². The summed E-state index contributed by atoms with van der Waals surface area (Å²) < 4.78 is 5.35. The summed E-state index contributed by atoms with van der Waals surface area (Å²) in [4.78, 5) is 13.9. The fraction of sp³-hybridized carbons (Fsp3) is 0.562. The molecule has 1 aromatic rings. The topological polar surface area (TPSA) is 67.6 Å². The molecule has 21 heavy (non-hydrogen) atoms. The number of hydrogen-bond acceptors (Lipinski definition) is 4. The van der Waals surface area contributed by atoms with Gasteiger partial charge in [-0.1, -0.05) is 6.07 Å². The summed E-state index contributed by atoms with van der Waals surface area (Å²) in [5, 5.41) is 2.90. The second-order valence-corrected chi connectivity index (χ2v) is 5.71. The number of ether oxygens (including phenoxy) is 1. The minimum atomic E-state index is 0.0841. The summed E-state index contributed by atoms with van der Waals surface area (Å²) in [5.41, 5.74) is 9.10. The van der Waals surface area contributed by atoms with Crippen LogP contribution in [0.1, 0.15) is 25.8 Å². The second kappa shape index (κ2) is 7.31. The first-order valence-electron chi connectivity index (χ1n) is 7.56. The molecule has 116 valence electrons. The van der Waals surface area contributed by atoms with E-state index in [2.05, 4.69) is 22.3 Å². The van der Waals surface area contributed by atoms with Gasteiger partial charge in [0.25, 0.3) is 0 Å². The fourth-order valence-corrected chi connectivity index (χ4v) is 2.50. The number of amides is 1. The van der Waals surface area contributed by atoms with Gasteiger partial charge < -0.3 is 20.7 Å². The van der Waals surface area contributed by atoms with Crippen LogP contribution < -0.4 is 16.0 Å². The van der Waals surface area contributed by atoms with Crippen molar-refractivity contribution in [1.29, 1.82) is 0 Å². The van der Waals surface area contributed by atoms with E-state index in [1.165, 1.54) is 0 Å². The Morgan fingerprint density at radius 1 is 1.38 bits per heavy atom. The highest BCUT2D eigenvalue weighted by Crippen LogP contribution is 2.25. The van der Waals surface area contributed by atoms with Crippen LogP contribution in [0.2, 0.25) is 0 Å². The third kappa shape index (κ3) is 4.63. The summed E-state index contributed by atoms with van der Waals surface area (Å²) >= 11 is 0. The standard InChI is InChI=1S/C16H25N3O2/c1-12(2)18-16(20)6-4-13-3-5-15(14(17)11-13)19-7-9-21-10-8-19/h3,5,11-12H,4,6-10,17H2,1-2H3,(H,18,20). The van der Waals surface area contributed by atoms with Gasteiger partial charge in [-0.2, -0.15) is 0 Å². The van der Waals surface area contributed by atoms with Crippen LogP contribution in [0.4, 0.5) is 11.4 Å². The van der Waals surface area contributed by atoms with Crippen molar-refractivity contribution in [2.75, 3.05) is 36.9 Å². The minimum Gasteiger partial charge on any atom is -0.397 e. The van der Waals surface area contributed by atoms with Gasteiger partial charge in [0, 0.05) is 25.6 Å². The van der Waals surface area contributed by atoms with Crippen molar-refractivity contribution in [3.8, 4) is 0 Å². The number of hydrogen-bond donors (Lipinski definition) is 2. The number of rotatable bonds is 5. The zero-order valence-electron chi connectivity index (χ0n) is 12.9. The molecule has 0 aromatic heterocycles. The molecule has 0 unspecified atom stereocenters. The molecule has 1 heterocycles. The molecule has 5 nitrogen and oxygen atoms in total. The Balaban J connectivity index is 1.93. The van der Waals surface area contributed by atoms with Crippen LogP contribution >= 0.6 is 0 Å². The molecule has 1 aromatic carbocycles. The molecule has 1 aliphatic rings. The molecule has 5 heteroatoms. The lowest BCUT2D eigenvalue weighted by Crippen LogP contribution is -2.36. The van der Waals surface area contributed by atoms with Crippen LogP contribution in [0, 0.1) is 0 Å². The Morgan fingerprint density at radius 3 is 2.71 bits per heavy atom. The Labute approximate surface area is 126 Å². The summed E-state index contributed by atoms with van der Waals surface area (Å²) in [6.45, 7) is 7.17. The maximum Gasteiger partial charge on any atom is 0.220 e. The molecule has 0 bridgehead atoms. The molecule has 0 spiro atoms. The van der Waals surface area contributed by atoms with E-state index in [0.717, 1.165) is 43.2 Å². The molecule has 1 saturated heterocycles. The highest BCUT2D eigenvalue weighted by molar-refractivity contribution is 5.76. The van der Waals surface area contributed by atoms with Crippen LogP contribution in [0.15, 0.2) is 18.2 Å². The number of anilines is 2. The number of nitrogen functional groups attached to an aromatic ring is 1. The van der Waals surface area contributed by atoms with Crippen molar-refractivity contribution in [2.45, 2.75) is 32.7 Å². The fourth-order valence-electron chi connectivity index (χ4n) is 2.50. The quantitative estimate of drug-likeness (QED) is 0.808. The van der Waals surface area contributed by atoms with Crippen LogP contribution in [-0.4, -0.2) is 38.3 Å². The number of nitrogens with zero attached hydrogens (tertiary/aromatic N) is 1. The summed E-state index contributed by atoms with van der Waals surface area (Å²) in [6.07, 6.45) is 1.21. The molecular weight excluding hydrogens is 266 g/mol. The molecule has 0 radical (unpaired) electrons. The maximum absolute atomic E-state index is 11.7. The summed E-state index contributed by atoms with van der Waals surface area (Å²) in [5.74, 6) is 0.0841. The van der Waals surface area contributed by atoms with E-state index in [4.69, 9.17) is 10.5 Å². The zero-order chi connectivity index (χ0) is 15.2. The number of nitrogens with one attached hydrogen (secondary N) is 1. The molecule has 1 amide bonds. The second-order valence-electron chi connectivity index (χ2n) is 5.71. The van der Waals surface area contributed by atoms with Gasteiger partial charge in [-0.05, 0) is 38.0 Å². The molecule has 2 rings (SSSR count). The van der Waals surface area contributed by atoms with Gasteiger partial charge in [-0.25, -0.2) is 0 Å². The Bertz CT molecular complexity index is 482. The van der Waals surface area contributed by atoms with Gasteiger partial charge in [0.1, 0.15) is 0 Å². The van der Waals surface area contributed by atoms with Crippen molar-refractivity contribution in [2.24, 2.45) is 0 Å². The van der Waals surface area contributed by atoms with E-state index < -0.39 is 0 Å². The minimum absolute atomic E-state index is 0.0841. The van der Waals surface area contributed by atoms with Crippen LogP contribution in [0.25, 0.3) is 0 Å². The third-order valence-corrected chi connectivity index (χ3v) is 3.53. The van der Waals surface area contributed by atoms with E-state index in [9.17, 15) is 4.79 Å².